The number of alkyl halides is 7. The van der Waals surface area contributed by atoms with E-state index >= 15 is 0 Å². The second kappa shape index (κ2) is 6.90. The van der Waals surface area contributed by atoms with Gasteiger partial charge < -0.3 is 0 Å². The van der Waals surface area contributed by atoms with Crippen LogP contribution in [0.3, 0.4) is 0 Å². The molecule has 0 aromatic carbocycles. The molecule has 0 aliphatic heterocycles. The second-order valence-electron chi connectivity index (χ2n) is 3.22. The largest absolute Gasteiger partial charge is 0.391 e. The van der Waals surface area contributed by atoms with Crippen LogP contribution in [0.4, 0.5) is 30.7 Å². The maximum absolute atomic E-state index is 11.2. The first-order chi connectivity index (χ1) is 6.50. The van der Waals surface area contributed by atoms with Crippen LogP contribution in [0.15, 0.2) is 0 Å². The van der Waals surface area contributed by atoms with Crippen molar-refractivity contribution < 1.29 is 30.7 Å². The smallest absolute Gasteiger partial charge is 0.210 e. The van der Waals surface area contributed by atoms with E-state index in [-0.39, 0.29) is 0 Å². The van der Waals surface area contributed by atoms with Crippen molar-refractivity contribution in [3.63, 3.8) is 0 Å². The SMILES string of the molecule is CC(C(F)F)C(F)F.CC(C)C(F)(F)F. The number of rotatable bonds is 2. The Morgan fingerprint density at radius 3 is 0.933 bits per heavy atom. The van der Waals surface area contributed by atoms with Crippen LogP contribution in [0, 0.1) is 11.8 Å². The highest BCUT2D eigenvalue weighted by atomic mass is 19.4. The van der Waals surface area contributed by atoms with Gasteiger partial charge in [-0.15, -0.1) is 0 Å². The molecule has 0 heterocycles. The molecule has 0 saturated heterocycles. The Hall–Kier alpha value is -0.490. The third-order valence-electron chi connectivity index (χ3n) is 1.45. The summed E-state index contributed by atoms with van der Waals surface area (Å²) in [7, 11) is 0. The van der Waals surface area contributed by atoms with Gasteiger partial charge in [-0.25, -0.2) is 17.6 Å². The van der Waals surface area contributed by atoms with Gasteiger partial charge in [0.1, 0.15) is 0 Å². The van der Waals surface area contributed by atoms with Crippen molar-refractivity contribution in [1.82, 2.24) is 0 Å². The molecule has 0 spiro atoms. The summed E-state index contributed by atoms with van der Waals surface area (Å²) in [5, 5.41) is 0. The molecular weight excluding hydrogens is 229 g/mol. The van der Waals surface area contributed by atoms with Crippen LogP contribution >= 0.6 is 0 Å². The summed E-state index contributed by atoms with van der Waals surface area (Å²) in [6, 6.07) is 0. The molecule has 0 bridgehead atoms. The first kappa shape index (κ1) is 16.9. The molecule has 0 aliphatic carbocycles. The molecule has 0 amide bonds. The van der Waals surface area contributed by atoms with E-state index in [1.807, 2.05) is 0 Å². The van der Waals surface area contributed by atoms with E-state index in [0.717, 1.165) is 20.8 Å². The third-order valence-corrected chi connectivity index (χ3v) is 1.45. The van der Waals surface area contributed by atoms with Crippen LogP contribution in [0.5, 0.6) is 0 Å². The van der Waals surface area contributed by atoms with E-state index in [1.54, 1.807) is 0 Å². The maximum atomic E-state index is 11.2. The molecule has 0 N–H and O–H groups in total. The van der Waals surface area contributed by atoms with Crippen LogP contribution in [0.1, 0.15) is 20.8 Å². The lowest BCUT2D eigenvalue weighted by molar-refractivity contribution is -0.164. The highest BCUT2D eigenvalue weighted by molar-refractivity contribution is 4.55. The maximum Gasteiger partial charge on any atom is 0.391 e. The molecule has 0 aliphatic rings. The van der Waals surface area contributed by atoms with Crippen molar-refractivity contribution in [1.29, 1.82) is 0 Å². The minimum Gasteiger partial charge on any atom is -0.210 e. The summed E-state index contributed by atoms with van der Waals surface area (Å²) in [6.45, 7) is 3.06. The van der Waals surface area contributed by atoms with Crippen LogP contribution in [0.25, 0.3) is 0 Å². The van der Waals surface area contributed by atoms with Gasteiger partial charge in [0.15, 0.2) is 0 Å². The van der Waals surface area contributed by atoms with Crippen LogP contribution < -0.4 is 0 Å². The molecule has 94 valence electrons. The van der Waals surface area contributed by atoms with E-state index in [4.69, 9.17) is 0 Å². The van der Waals surface area contributed by atoms with Crippen molar-refractivity contribution in [2.24, 2.45) is 11.8 Å². The molecule has 15 heavy (non-hydrogen) atoms. The average molecular weight is 242 g/mol. The Labute approximate surface area is 83.5 Å². The first-order valence-corrected chi connectivity index (χ1v) is 4.13. The average Bonchev–Trinajstić information content (AvgIpc) is 2.01. The third kappa shape index (κ3) is 9.81. The zero-order valence-electron chi connectivity index (χ0n) is 8.46. The molecule has 7 heteroatoms. The van der Waals surface area contributed by atoms with E-state index in [1.165, 1.54) is 0 Å². The number of halogens is 7. The lowest BCUT2D eigenvalue weighted by Crippen LogP contribution is -2.15. The lowest BCUT2D eigenvalue weighted by Gasteiger charge is -2.07. The van der Waals surface area contributed by atoms with Gasteiger partial charge >= 0.3 is 6.18 Å². The van der Waals surface area contributed by atoms with Crippen molar-refractivity contribution in [3.8, 4) is 0 Å². The van der Waals surface area contributed by atoms with Crippen molar-refractivity contribution in [2.45, 2.75) is 39.8 Å². The zero-order valence-corrected chi connectivity index (χ0v) is 8.46. The molecule has 0 radical (unpaired) electrons. The van der Waals surface area contributed by atoms with E-state index in [2.05, 4.69) is 0 Å². The molecule has 0 rings (SSSR count). The number of hydrogen-bond donors (Lipinski definition) is 0. The van der Waals surface area contributed by atoms with Crippen LogP contribution in [0.2, 0.25) is 0 Å². The van der Waals surface area contributed by atoms with E-state index < -0.39 is 30.9 Å². The van der Waals surface area contributed by atoms with E-state index in [0.29, 0.717) is 0 Å². The highest BCUT2D eigenvalue weighted by Gasteiger charge is 2.31. The molecule has 0 nitrogen and oxygen atoms in total. The van der Waals surface area contributed by atoms with Gasteiger partial charge in [-0.3, -0.25) is 0 Å². The Balaban J connectivity index is 0. The fourth-order valence-corrected chi connectivity index (χ4v) is 0.110. The van der Waals surface area contributed by atoms with Gasteiger partial charge in [-0.2, -0.15) is 13.2 Å². The summed E-state index contributed by atoms with van der Waals surface area (Å²) in [5.41, 5.74) is 0. The molecule has 0 saturated carbocycles. The highest BCUT2D eigenvalue weighted by Crippen LogP contribution is 2.24. The topological polar surface area (TPSA) is 0 Å². The fourth-order valence-electron chi connectivity index (χ4n) is 0.110. The molecule has 0 unspecified atom stereocenters. The fraction of sp³-hybridized carbons (Fsp3) is 1.00. The van der Waals surface area contributed by atoms with Gasteiger partial charge in [0.05, 0.1) is 5.92 Å². The minimum absolute atomic E-state index is 0.815. The van der Waals surface area contributed by atoms with Gasteiger partial charge in [0.2, 0.25) is 12.9 Å². The van der Waals surface area contributed by atoms with Crippen LogP contribution in [-0.2, 0) is 0 Å². The predicted octanol–water partition coefficient (Wildman–Crippen LogP) is 4.36. The van der Waals surface area contributed by atoms with Gasteiger partial charge in [0.25, 0.3) is 0 Å². The minimum atomic E-state index is -4.00. The summed E-state index contributed by atoms with van der Waals surface area (Å²) < 4.78 is 78.3. The summed E-state index contributed by atoms with van der Waals surface area (Å²) >= 11 is 0. The standard InChI is InChI=1S/C4H6F4.C4H7F3/c1-2(3(5)6)4(7)8;1-3(2)4(5,6)7/h2-4H,1H3;3H,1-2H3. The molecule has 0 aromatic rings. The predicted molar refractivity (Wildman–Crippen MR) is 42.1 cm³/mol. The Bertz CT molecular complexity index is 142. The van der Waals surface area contributed by atoms with Crippen molar-refractivity contribution >= 4 is 0 Å². The molecular formula is C8H13F7. The quantitative estimate of drug-likeness (QED) is 0.631. The first-order valence-electron chi connectivity index (χ1n) is 4.13. The summed E-state index contributed by atoms with van der Waals surface area (Å²) in [4.78, 5) is 0. The van der Waals surface area contributed by atoms with Gasteiger partial charge in [-0.05, 0) is 0 Å². The molecule has 0 atom stereocenters. The zero-order chi connectivity index (χ0) is 12.8. The summed E-state index contributed by atoms with van der Waals surface area (Å²) in [6.07, 6.45) is -9.81. The van der Waals surface area contributed by atoms with Gasteiger partial charge in [-0.1, -0.05) is 20.8 Å². The monoisotopic (exact) mass is 242 g/mol. The van der Waals surface area contributed by atoms with Crippen molar-refractivity contribution in [3.05, 3.63) is 0 Å². The van der Waals surface area contributed by atoms with Gasteiger partial charge in [0, 0.05) is 5.92 Å². The Kier molecular flexibility index (Phi) is 7.78. The normalized spacial score (nSPS) is 12.4. The van der Waals surface area contributed by atoms with E-state index in [9.17, 15) is 30.7 Å². The Morgan fingerprint density at radius 1 is 0.733 bits per heavy atom. The summed E-state index contributed by atoms with van der Waals surface area (Å²) in [5.74, 6) is -3.00. The molecule has 0 aromatic heterocycles. The van der Waals surface area contributed by atoms with Crippen LogP contribution in [-0.4, -0.2) is 19.0 Å². The Morgan fingerprint density at radius 2 is 0.933 bits per heavy atom. The van der Waals surface area contributed by atoms with Crippen molar-refractivity contribution in [2.75, 3.05) is 0 Å². The number of hydrogen-bond acceptors (Lipinski definition) is 0. The molecule has 0 fully saturated rings. The second-order valence-corrected chi connectivity index (χ2v) is 3.22. The lowest BCUT2D eigenvalue weighted by atomic mass is 10.2.